The molecule has 1 saturated carbocycles. The van der Waals surface area contributed by atoms with E-state index in [1.165, 1.54) is 0 Å². The van der Waals surface area contributed by atoms with Crippen molar-refractivity contribution in [2.75, 3.05) is 0 Å². The van der Waals surface area contributed by atoms with Crippen LogP contribution in [0.2, 0.25) is 0 Å². The molecule has 0 saturated heterocycles. The maximum absolute atomic E-state index is 11.4. The summed E-state index contributed by atoms with van der Waals surface area (Å²) in [5, 5.41) is 22.5. The van der Waals surface area contributed by atoms with Gasteiger partial charge in [-0.25, -0.2) is 0 Å². The van der Waals surface area contributed by atoms with E-state index < -0.39 is 11.2 Å². The van der Waals surface area contributed by atoms with Gasteiger partial charge in [0.05, 0.1) is 16.9 Å². The molecule has 5 rings (SSSR count). The van der Waals surface area contributed by atoms with E-state index in [0.29, 0.717) is 25.7 Å². The van der Waals surface area contributed by atoms with Crippen LogP contribution in [0, 0.1) is 0 Å². The first kappa shape index (κ1) is 20.6. The minimum absolute atomic E-state index is 0.533. The Hall–Kier alpha value is -3.27. The number of pyridine rings is 1. The first-order valence-electron chi connectivity index (χ1n) is 11.2. The van der Waals surface area contributed by atoms with Gasteiger partial charge in [0.15, 0.2) is 0 Å². The van der Waals surface area contributed by atoms with E-state index in [1.807, 2.05) is 72.9 Å². The van der Waals surface area contributed by atoms with E-state index in [1.54, 1.807) is 0 Å². The molecule has 1 fully saturated rings. The Kier molecular flexibility index (Phi) is 5.38. The van der Waals surface area contributed by atoms with Gasteiger partial charge in [0.25, 0.3) is 0 Å². The summed E-state index contributed by atoms with van der Waals surface area (Å²) in [7, 11) is 0. The summed E-state index contributed by atoms with van der Waals surface area (Å²) in [5.74, 6) is 0. The molecule has 0 aliphatic heterocycles. The summed E-state index contributed by atoms with van der Waals surface area (Å²) >= 11 is 0. The summed E-state index contributed by atoms with van der Waals surface area (Å²) in [4.78, 5) is 4.51. The highest BCUT2D eigenvalue weighted by atomic mass is 16.3. The van der Waals surface area contributed by atoms with Crippen LogP contribution in [0.4, 0.5) is 0 Å². The molecule has 1 aliphatic rings. The van der Waals surface area contributed by atoms with E-state index in [4.69, 9.17) is 0 Å². The Morgan fingerprint density at radius 2 is 1.06 bits per heavy atom. The van der Waals surface area contributed by atoms with Gasteiger partial charge in [-0.1, -0.05) is 84.9 Å². The van der Waals surface area contributed by atoms with Crippen LogP contribution in [-0.4, -0.2) is 15.2 Å². The van der Waals surface area contributed by atoms with Gasteiger partial charge in [0.2, 0.25) is 0 Å². The Morgan fingerprint density at radius 3 is 1.66 bits per heavy atom. The molecule has 3 heteroatoms. The number of aliphatic hydroxyl groups is 2. The van der Waals surface area contributed by atoms with Gasteiger partial charge in [0.1, 0.15) is 0 Å². The van der Waals surface area contributed by atoms with Crippen molar-refractivity contribution in [3.8, 4) is 22.4 Å². The zero-order valence-corrected chi connectivity index (χ0v) is 18.0. The van der Waals surface area contributed by atoms with Crippen molar-refractivity contribution in [3.05, 3.63) is 114 Å². The van der Waals surface area contributed by atoms with Crippen LogP contribution in [0.1, 0.15) is 36.8 Å². The third kappa shape index (κ3) is 3.97. The Morgan fingerprint density at radius 1 is 0.531 bits per heavy atom. The molecule has 3 nitrogen and oxygen atoms in total. The standard InChI is InChI=1S/C29H27NO2/c31-28(25-9-5-2-6-10-25)16-18-29(32,19-17-28)26-13-11-22(12-14-26)24-15-20-30-27(21-24)23-7-3-1-4-8-23/h1-15,20-21,31-32H,16-19H2. The second kappa shape index (κ2) is 8.34. The highest BCUT2D eigenvalue weighted by molar-refractivity contribution is 5.70. The van der Waals surface area contributed by atoms with Gasteiger partial charge >= 0.3 is 0 Å². The number of rotatable bonds is 4. The number of nitrogens with zero attached hydrogens (tertiary/aromatic N) is 1. The van der Waals surface area contributed by atoms with Gasteiger partial charge in [-0.15, -0.1) is 0 Å². The van der Waals surface area contributed by atoms with Crippen molar-refractivity contribution in [1.82, 2.24) is 4.98 Å². The van der Waals surface area contributed by atoms with Crippen molar-refractivity contribution in [2.24, 2.45) is 0 Å². The zero-order valence-electron chi connectivity index (χ0n) is 18.0. The normalized spacial score (nSPS) is 23.1. The molecule has 32 heavy (non-hydrogen) atoms. The molecule has 0 atom stereocenters. The van der Waals surface area contributed by atoms with E-state index in [2.05, 4.69) is 35.3 Å². The molecule has 1 aliphatic carbocycles. The van der Waals surface area contributed by atoms with E-state index in [-0.39, 0.29) is 0 Å². The Labute approximate surface area is 189 Å². The monoisotopic (exact) mass is 421 g/mol. The second-order valence-electron chi connectivity index (χ2n) is 8.80. The molecule has 0 unspecified atom stereocenters. The van der Waals surface area contributed by atoms with Crippen LogP contribution in [0.25, 0.3) is 22.4 Å². The lowest BCUT2D eigenvalue weighted by molar-refractivity contribution is -0.0883. The van der Waals surface area contributed by atoms with Gasteiger partial charge in [-0.3, -0.25) is 4.98 Å². The smallest absolute Gasteiger partial charge is 0.0899 e. The molecule has 4 aromatic rings. The third-order valence-electron chi connectivity index (χ3n) is 6.80. The lowest BCUT2D eigenvalue weighted by Crippen LogP contribution is -2.39. The van der Waals surface area contributed by atoms with Crippen molar-refractivity contribution in [3.63, 3.8) is 0 Å². The summed E-state index contributed by atoms with van der Waals surface area (Å²) < 4.78 is 0. The van der Waals surface area contributed by atoms with Crippen molar-refractivity contribution in [1.29, 1.82) is 0 Å². The topological polar surface area (TPSA) is 53.4 Å². The average Bonchev–Trinajstić information content (AvgIpc) is 2.87. The number of hydrogen-bond acceptors (Lipinski definition) is 3. The zero-order chi connectivity index (χ0) is 22.0. The van der Waals surface area contributed by atoms with Gasteiger partial charge in [-0.05, 0) is 60.1 Å². The highest BCUT2D eigenvalue weighted by Gasteiger charge is 2.42. The minimum atomic E-state index is -0.910. The number of benzene rings is 3. The molecule has 0 bridgehead atoms. The molecular formula is C29H27NO2. The van der Waals surface area contributed by atoms with Gasteiger partial charge < -0.3 is 10.2 Å². The fraction of sp³-hybridized carbons (Fsp3) is 0.207. The summed E-state index contributed by atoms with van der Waals surface area (Å²) in [6, 6.07) is 32.2. The van der Waals surface area contributed by atoms with Crippen LogP contribution >= 0.6 is 0 Å². The molecule has 0 amide bonds. The Bertz CT molecular complexity index is 1180. The van der Waals surface area contributed by atoms with Gasteiger partial charge in [0, 0.05) is 11.8 Å². The van der Waals surface area contributed by atoms with Crippen LogP contribution in [-0.2, 0) is 11.2 Å². The fourth-order valence-corrected chi connectivity index (χ4v) is 4.75. The highest BCUT2D eigenvalue weighted by Crippen LogP contribution is 2.45. The average molecular weight is 422 g/mol. The maximum atomic E-state index is 11.4. The van der Waals surface area contributed by atoms with Crippen molar-refractivity contribution >= 4 is 0 Å². The lowest BCUT2D eigenvalue weighted by atomic mass is 9.70. The predicted molar refractivity (Wildman–Crippen MR) is 128 cm³/mol. The molecule has 1 aromatic heterocycles. The van der Waals surface area contributed by atoms with Crippen molar-refractivity contribution in [2.45, 2.75) is 36.9 Å². The predicted octanol–water partition coefficient (Wildman–Crippen LogP) is 6.07. The van der Waals surface area contributed by atoms with Crippen LogP contribution in [0.15, 0.2) is 103 Å². The van der Waals surface area contributed by atoms with Crippen LogP contribution in [0.5, 0.6) is 0 Å². The SMILES string of the molecule is OC1(c2ccccc2)CCC(O)(c2ccc(-c3ccnc(-c4ccccc4)c3)cc2)CC1. The molecule has 2 N–H and O–H groups in total. The summed E-state index contributed by atoms with van der Waals surface area (Å²) in [6.07, 6.45) is 3.99. The van der Waals surface area contributed by atoms with Crippen LogP contribution in [0.3, 0.4) is 0 Å². The first-order chi connectivity index (χ1) is 15.6. The van der Waals surface area contributed by atoms with Crippen molar-refractivity contribution < 1.29 is 10.2 Å². The quantitative estimate of drug-likeness (QED) is 0.421. The third-order valence-corrected chi connectivity index (χ3v) is 6.80. The molecule has 1 heterocycles. The Balaban J connectivity index is 1.34. The van der Waals surface area contributed by atoms with E-state index in [9.17, 15) is 10.2 Å². The maximum Gasteiger partial charge on any atom is 0.0899 e. The van der Waals surface area contributed by atoms with E-state index >= 15 is 0 Å². The summed E-state index contributed by atoms with van der Waals surface area (Å²) in [6.45, 7) is 0. The molecular weight excluding hydrogens is 394 g/mol. The van der Waals surface area contributed by atoms with Crippen LogP contribution < -0.4 is 0 Å². The molecule has 3 aromatic carbocycles. The lowest BCUT2D eigenvalue weighted by Gasteiger charge is -2.41. The molecule has 160 valence electrons. The van der Waals surface area contributed by atoms with E-state index in [0.717, 1.165) is 33.5 Å². The van der Waals surface area contributed by atoms with Gasteiger partial charge in [-0.2, -0.15) is 0 Å². The summed E-state index contributed by atoms with van der Waals surface area (Å²) in [5.41, 5.74) is 4.29. The second-order valence-corrected chi connectivity index (χ2v) is 8.80. The minimum Gasteiger partial charge on any atom is -0.385 e. The largest absolute Gasteiger partial charge is 0.385 e. The fourth-order valence-electron chi connectivity index (χ4n) is 4.75. The number of hydrogen-bond donors (Lipinski definition) is 2. The number of aromatic nitrogens is 1. The molecule has 0 spiro atoms. The molecule has 0 radical (unpaired) electrons. The first-order valence-corrected chi connectivity index (χ1v) is 11.2.